The van der Waals surface area contributed by atoms with E-state index in [1.54, 1.807) is 6.92 Å². The first-order valence-corrected chi connectivity index (χ1v) is 6.92. The molecule has 2 N–H and O–H groups in total. The van der Waals surface area contributed by atoms with Crippen molar-refractivity contribution < 1.29 is 22.7 Å². The van der Waals surface area contributed by atoms with Crippen LogP contribution in [0.15, 0.2) is 16.4 Å². The third-order valence-electron chi connectivity index (χ3n) is 3.58. The van der Waals surface area contributed by atoms with Crippen molar-refractivity contribution in [3.05, 3.63) is 11.3 Å². The summed E-state index contributed by atoms with van der Waals surface area (Å²) in [6.07, 6.45) is -2.40. The topological polar surface area (TPSA) is 67.9 Å². The van der Waals surface area contributed by atoms with Gasteiger partial charge in [0.25, 0.3) is 0 Å². The van der Waals surface area contributed by atoms with E-state index in [1.807, 2.05) is 0 Å². The molecule has 1 unspecified atom stereocenters. The molecular formula is C13H18F3N3O2. The van der Waals surface area contributed by atoms with E-state index >= 15 is 0 Å². The minimum atomic E-state index is -4.51. The number of amides is 1. The van der Waals surface area contributed by atoms with Crippen molar-refractivity contribution in [2.45, 2.75) is 51.2 Å². The second-order valence-corrected chi connectivity index (χ2v) is 5.04. The Balaban J connectivity index is 2.25. The van der Waals surface area contributed by atoms with Crippen LogP contribution in [0.25, 0.3) is 0 Å². The molecule has 21 heavy (non-hydrogen) atoms. The van der Waals surface area contributed by atoms with Gasteiger partial charge in [0.15, 0.2) is 17.6 Å². The molecule has 2 aliphatic rings. The zero-order valence-corrected chi connectivity index (χ0v) is 11.7. The number of hydrazone groups is 1. The van der Waals surface area contributed by atoms with Gasteiger partial charge in [-0.15, -0.1) is 5.10 Å². The Morgan fingerprint density at radius 2 is 2.10 bits per heavy atom. The number of alkyl halides is 3. The predicted molar refractivity (Wildman–Crippen MR) is 70.0 cm³/mol. The lowest BCUT2D eigenvalue weighted by molar-refractivity contribution is -0.180. The number of nitrogens with zero attached hydrogens (tertiary/aromatic N) is 2. The molecule has 1 heterocycles. The van der Waals surface area contributed by atoms with Crippen LogP contribution >= 0.6 is 0 Å². The van der Waals surface area contributed by atoms with Gasteiger partial charge < -0.3 is 10.5 Å². The standard InChI is InChI=1S/C13H18F3N3O2/c1-2-21-11(8-4-3-5-8)12(17)18-19-9(13(14,15)16)6-7-10(19)20/h9H,2-7H2,1H3,(H2,17,18). The summed E-state index contributed by atoms with van der Waals surface area (Å²) in [4.78, 5) is 11.6. The van der Waals surface area contributed by atoms with Gasteiger partial charge in [0.1, 0.15) is 0 Å². The van der Waals surface area contributed by atoms with E-state index in [2.05, 4.69) is 5.10 Å². The Kier molecular flexibility index (Phi) is 4.43. The lowest BCUT2D eigenvalue weighted by Crippen LogP contribution is -2.41. The van der Waals surface area contributed by atoms with E-state index < -0.39 is 18.1 Å². The Hall–Kier alpha value is -1.73. The summed E-state index contributed by atoms with van der Waals surface area (Å²) < 4.78 is 44.0. The van der Waals surface area contributed by atoms with Crippen LogP contribution in [0.2, 0.25) is 0 Å². The van der Waals surface area contributed by atoms with Crippen LogP contribution in [0.1, 0.15) is 39.0 Å². The zero-order valence-electron chi connectivity index (χ0n) is 11.7. The summed E-state index contributed by atoms with van der Waals surface area (Å²) >= 11 is 0. The second-order valence-electron chi connectivity index (χ2n) is 5.04. The van der Waals surface area contributed by atoms with Crippen LogP contribution in [0.3, 0.4) is 0 Å². The molecule has 5 nitrogen and oxygen atoms in total. The highest BCUT2D eigenvalue weighted by molar-refractivity contribution is 5.96. The van der Waals surface area contributed by atoms with E-state index in [-0.39, 0.29) is 18.7 Å². The number of carbonyl (C=O) groups excluding carboxylic acids is 1. The quantitative estimate of drug-likeness (QED) is 0.492. The highest BCUT2D eigenvalue weighted by atomic mass is 19.4. The van der Waals surface area contributed by atoms with Crippen LogP contribution < -0.4 is 5.73 Å². The highest BCUT2D eigenvalue weighted by Crippen LogP contribution is 2.34. The van der Waals surface area contributed by atoms with Crippen LogP contribution in [0, 0.1) is 0 Å². The average Bonchev–Trinajstić information content (AvgIpc) is 2.68. The van der Waals surface area contributed by atoms with Gasteiger partial charge in [0, 0.05) is 6.42 Å². The number of rotatable bonds is 4. The van der Waals surface area contributed by atoms with Gasteiger partial charge in [0.2, 0.25) is 5.91 Å². The van der Waals surface area contributed by atoms with Crippen LogP contribution in [-0.4, -0.2) is 35.6 Å². The fraction of sp³-hybridized carbons (Fsp3) is 0.692. The highest BCUT2D eigenvalue weighted by Gasteiger charge is 2.49. The number of halogens is 3. The molecule has 1 amide bonds. The van der Waals surface area contributed by atoms with Crippen LogP contribution in [0.4, 0.5) is 13.2 Å². The van der Waals surface area contributed by atoms with Crippen molar-refractivity contribution in [2.24, 2.45) is 10.8 Å². The van der Waals surface area contributed by atoms with Gasteiger partial charge in [-0.05, 0) is 38.2 Å². The molecule has 1 saturated heterocycles. The summed E-state index contributed by atoms with van der Waals surface area (Å²) in [7, 11) is 0. The summed E-state index contributed by atoms with van der Waals surface area (Å²) in [6, 6.07) is -1.90. The number of allylic oxidation sites excluding steroid dienone is 1. The maximum absolute atomic E-state index is 12.9. The number of nitrogens with two attached hydrogens (primary N) is 1. The van der Waals surface area contributed by atoms with E-state index in [1.165, 1.54) is 0 Å². The number of amidine groups is 1. The molecule has 1 saturated carbocycles. The molecule has 0 aromatic heterocycles. The summed E-state index contributed by atoms with van der Waals surface area (Å²) in [6.45, 7) is 2.09. The summed E-state index contributed by atoms with van der Waals surface area (Å²) in [5.41, 5.74) is 6.71. The summed E-state index contributed by atoms with van der Waals surface area (Å²) in [5.74, 6) is -0.504. The molecule has 2 fully saturated rings. The van der Waals surface area contributed by atoms with Gasteiger partial charge in [0.05, 0.1) is 6.61 Å². The predicted octanol–water partition coefficient (Wildman–Crippen LogP) is 2.29. The van der Waals surface area contributed by atoms with Gasteiger partial charge in [-0.3, -0.25) is 4.79 Å². The lowest BCUT2D eigenvalue weighted by atomic mass is 9.91. The smallest absolute Gasteiger partial charge is 0.410 e. The molecule has 118 valence electrons. The molecule has 0 spiro atoms. The van der Waals surface area contributed by atoms with Crippen molar-refractivity contribution in [3.8, 4) is 0 Å². The fourth-order valence-electron chi connectivity index (χ4n) is 2.34. The van der Waals surface area contributed by atoms with Gasteiger partial charge in [-0.25, -0.2) is 5.01 Å². The molecule has 1 atom stereocenters. The molecule has 0 radical (unpaired) electrons. The SMILES string of the molecule is CCOC(C(N)=NN1C(=O)CCC1C(F)(F)F)=C1CCC1. The monoisotopic (exact) mass is 305 g/mol. The maximum Gasteiger partial charge on any atom is 0.410 e. The Morgan fingerprint density at radius 3 is 2.57 bits per heavy atom. The third-order valence-corrected chi connectivity index (χ3v) is 3.58. The van der Waals surface area contributed by atoms with Gasteiger partial charge in [-0.2, -0.15) is 13.2 Å². The number of hydrogen-bond donors (Lipinski definition) is 1. The number of hydrogen-bond acceptors (Lipinski definition) is 3. The molecule has 0 aromatic carbocycles. The van der Waals surface area contributed by atoms with Crippen molar-refractivity contribution in [3.63, 3.8) is 0 Å². The molecule has 1 aliphatic carbocycles. The Morgan fingerprint density at radius 1 is 1.43 bits per heavy atom. The molecular weight excluding hydrogens is 287 g/mol. The Labute approximate surface area is 120 Å². The first-order valence-electron chi connectivity index (χ1n) is 6.92. The molecule has 0 bridgehead atoms. The first kappa shape index (κ1) is 15.7. The van der Waals surface area contributed by atoms with Crippen LogP contribution in [-0.2, 0) is 9.53 Å². The van der Waals surface area contributed by atoms with Crippen molar-refractivity contribution >= 4 is 11.7 Å². The minimum absolute atomic E-state index is 0.156. The van der Waals surface area contributed by atoms with Crippen molar-refractivity contribution in [1.29, 1.82) is 0 Å². The van der Waals surface area contributed by atoms with Crippen molar-refractivity contribution in [2.75, 3.05) is 6.61 Å². The fourth-order valence-corrected chi connectivity index (χ4v) is 2.34. The van der Waals surface area contributed by atoms with Gasteiger partial charge >= 0.3 is 6.18 Å². The minimum Gasteiger partial charge on any atom is -0.490 e. The number of ether oxygens (including phenoxy) is 1. The van der Waals surface area contributed by atoms with Gasteiger partial charge in [-0.1, -0.05) is 0 Å². The average molecular weight is 305 g/mol. The van der Waals surface area contributed by atoms with E-state index in [4.69, 9.17) is 10.5 Å². The summed E-state index contributed by atoms with van der Waals surface area (Å²) in [5, 5.41) is 4.15. The third kappa shape index (κ3) is 3.30. The van der Waals surface area contributed by atoms with Crippen molar-refractivity contribution in [1.82, 2.24) is 5.01 Å². The normalized spacial score (nSPS) is 23.3. The van der Waals surface area contributed by atoms with Crippen LogP contribution in [0.5, 0.6) is 0 Å². The molecule has 0 aromatic rings. The van der Waals surface area contributed by atoms with E-state index in [0.29, 0.717) is 17.4 Å². The Bertz CT molecular complexity index is 480. The first-order chi connectivity index (χ1) is 9.84. The largest absolute Gasteiger partial charge is 0.490 e. The molecule has 2 rings (SSSR count). The molecule has 8 heteroatoms. The zero-order chi connectivity index (χ0) is 15.6. The van der Waals surface area contributed by atoms with E-state index in [0.717, 1.165) is 24.8 Å². The second kappa shape index (κ2) is 5.95. The lowest BCUT2D eigenvalue weighted by Gasteiger charge is -2.25. The maximum atomic E-state index is 12.9. The number of carbonyl (C=O) groups is 1. The van der Waals surface area contributed by atoms with E-state index in [9.17, 15) is 18.0 Å². The molecule has 1 aliphatic heterocycles.